The lowest BCUT2D eigenvalue weighted by molar-refractivity contribution is 0.125. The van der Waals surface area contributed by atoms with Gasteiger partial charge < -0.3 is 4.90 Å². The number of piperidine rings is 1. The fourth-order valence-corrected chi connectivity index (χ4v) is 4.93. The smallest absolute Gasteiger partial charge is 0.0146 e. The first-order chi connectivity index (χ1) is 12.8. The number of hydrogen-bond donors (Lipinski definition) is 0. The summed E-state index contributed by atoms with van der Waals surface area (Å²) in [5, 5.41) is 0. The second-order valence-electron chi connectivity index (χ2n) is 9.66. The van der Waals surface area contributed by atoms with Crippen LogP contribution in [0.3, 0.4) is 0 Å². The van der Waals surface area contributed by atoms with Gasteiger partial charge in [-0.25, -0.2) is 0 Å². The fraction of sp³-hybridized carbons (Fsp3) is 0.538. The molecule has 3 rings (SSSR count). The first kappa shape index (κ1) is 20.1. The molecule has 27 heavy (non-hydrogen) atoms. The molecule has 0 amide bonds. The van der Waals surface area contributed by atoms with Crippen LogP contribution in [0.1, 0.15) is 57.7 Å². The predicted molar refractivity (Wildman–Crippen MR) is 117 cm³/mol. The molecule has 0 radical (unpaired) electrons. The molecule has 1 aliphatic rings. The molecule has 0 aromatic heterocycles. The van der Waals surface area contributed by atoms with E-state index in [9.17, 15) is 0 Å². The second kappa shape index (κ2) is 8.61. The zero-order valence-electron chi connectivity index (χ0n) is 17.9. The largest absolute Gasteiger partial charge is 0.303 e. The molecule has 1 nitrogen and oxygen atoms in total. The van der Waals surface area contributed by atoms with Gasteiger partial charge in [0.05, 0.1) is 0 Å². The normalized spacial score (nSPS) is 22.6. The van der Waals surface area contributed by atoms with Crippen molar-refractivity contribution in [3.05, 3.63) is 71.3 Å². The van der Waals surface area contributed by atoms with Gasteiger partial charge in [0.1, 0.15) is 0 Å². The molecule has 1 saturated heterocycles. The zero-order chi connectivity index (χ0) is 19.4. The van der Waals surface area contributed by atoms with E-state index in [1.165, 1.54) is 49.2 Å². The van der Waals surface area contributed by atoms with Gasteiger partial charge in [0.25, 0.3) is 0 Å². The van der Waals surface area contributed by atoms with Crippen molar-refractivity contribution in [2.24, 2.45) is 17.8 Å². The molecule has 0 spiro atoms. The van der Waals surface area contributed by atoms with Gasteiger partial charge in [-0.1, -0.05) is 89.2 Å². The average Bonchev–Trinajstić information content (AvgIpc) is 2.62. The molecule has 0 bridgehead atoms. The van der Waals surface area contributed by atoms with Crippen LogP contribution in [-0.4, -0.2) is 24.5 Å². The highest BCUT2D eigenvalue weighted by Crippen LogP contribution is 2.31. The third-order valence-corrected chi connectivity index (χ3v) is 6.27. The number of hydrogen-bond acceptors (Lipinski definition) is 1. The zero-order valence-corrected chi connectivity index (χ0v) is 17.9. The van der Waals surface area contributed by atoms with E-state index in [0.29, 0.717) is 5.92 Å². The van der Waals surface area contributed by atoms with E-state index in [1.54, 1.807) is 0 Å². The third-order valence-electron chi connectivity index (χ3n) is 6.27. The lowest BCUT2D eigenvalue weighted by atomic mass is 9.78. The minimum atomic E-state index is 0.0471. The summed E-state index contributed by atoms with van der Waals surface area (Å²) in [6, 6.07) is 20.2. The molecule has 1 fully saturated rings. The highest BCUT2D eigenvalue weighted by atomic mass is 15.1. The minimum Gasteiger partial charge on any atom is -0.303 e. The molecule has 3 atom stereocenters. The average molecular weight is 364 g/mol. The molecule has 2 aromatic carbocycles. The van der Waals surface area contributed by atoms with Crippen LogP contribution >= 0.6 is 0 Å². The van der Waals surface area contributed by atoms with Crippen LogP contribution in [-0.2, 0) is 11.8 Å². The summed E-state index contributed by atoms with van der Waals surface area (Å²) in [6.45, 7) is 15.6. The molecule has 2 aromatic rings. The molecule has 0 N–H and O–H groups in total. The van der Waals surface area contributed by atoms with Gasteiger partial charge in [0.2, 0.25) is 0 Å². The Morgan fingerprint density at radius 1 is 0.889 bits per heavy atom. The van der Waals surface area contributed by atoms with Crippen molar-refractivity contribution in [2.75, 3.05) is 19.6 Å². The van der Waals surface area contributed by atoms with Gasteiger partial charge in [0, 0.05) is 25.0 Å². The maximum Gasteiger partial charge on any atom is 0.0146 e. The summed E-state index contributed by atoms with van der Waals surface area (Å²) < 4.78 is 0. The summed E-state index contributed by atoms with van der Waals surface area (Å²) in [5.41, 5.74) is 4.28. The number of benzene rings is 2. The van der Waals surface area contributed by atoms with Crippen molar-refractivity contribution < 1.29 is 0 Å². The van der Waals surface area contributed by atoms with Crippen LogP contribution in [0.25, 0.3) is 0 Å². The molecular formula is C26H37N. The van der Waals surface area contributed by atoms with Crippen molar-refractivity contribution in [1.82, 2.24) is 4.90 Å². The van der Waals surface area contributed by atoms with E-state index in [1.807, 2.05) is 0 Å². The number of rotatable bonds is 6. The van der Waals surface area contributed by atoms with Crippen molar-refractivity contribution in [2.45, 2.75) is 52.9 Å². The Morgan fingerprint density at radius 2 is 1.44 bits per heavy atom. The molecular weight excluding hydrogens is 326 g/mol. The first-order valence-electron chi connectivity index (χ1n) is 10.7. The van der Waals surface area contributed by atoms with Gasteiger partial charge in [-0.15, -0.1) is 0 Å². The van der Waals surface area contributed by atoms with E-state index in [0.717, 1.165) is 11.8 Å². The fourth-order valence-electron chi connectivity index (χ4n) is 4.93. The summed E-state index contributed by atoms with van der Waals surface area (Å²) in [7, 11) is 0. The highest BCUT2D eigenvalue weighted by molar-refractivity contribution is 5.38. The van der Waals surface area contributed by atoms with Gasteiger partial charge >= 0.3 is 0 Å². The van der Waals surface area contributed by atoms with Crippen LogP contribution in [0.2, 0.25) is 0 Å². The standard InChI is InChI=1S/C26H37N/c1-20-15-21(2)18-27(17-20)19-22(3)16-23-11-13-25(14-12-23)26(4,5)24-9-7-6-8-10-24/h6-14,20-22H,15-19H2,1-5H3. The lowest BCUT2D eigenvalue weighted by Gasteiger charge is -2.36. The summed E-state index contributed by atoms with van der Waals surface area (Å²) in [5.74, 6) is 2.40. The lowest BCUT2D eigenvalue weighted by Crippen LogP contribution is -2.41. The molecule has 146 valence electrons. The summed E-state index contributed by atoms with van der Waals surface area (Å²) >= 11 is 0. The van der Waals surface area contributed by atoms with Crippen molar-refractivity contribution in [3.8, 4) is 0 Å². The number of likely N-dealkylation sites (tertiary alicyclic amines) is 1. The van der Waals surface area contributed by atoms with E-state index in [4.69, 9.17) is 0 Å². The molecule has 0 aliphatic carbocycles. The van der Waals surface area contributed by atoms with Gasteiger partial charge in [0.15, 0.2) is 0 Å². The van der Waals surface area contributed by atoms with E-state index < -0.39 is 0 Å². The Hall–Kier alpha value is -1.60. The SMILES string of the molecule is CC(Cc1ccc(C(C)(C)c2ccccc2)cc1)CN1CC(C)CC(C)C1. The minimum absolute atomic E-state index is 0.0471. The summed E-state index contributed by atoms with van der Waals surface area (Å²) in [6.07, 6.45) is 2.56. The van der Waals surface area contributed by atoms with Crippen LogP contribution < -0.4 is 0 Å². The van der Waals surface area contributed by atoms with Crippen molar-refractivity contribution in [1.29, 1.82) is 0 Å². The predicted octanol–water partition coefficient (Wildman–Crippen LogP) is 6.17. The van der Waals surface area contributed by atoms with Crippen LogP contribution in [0.15, 0.2) is 54.6 Å². The third kappa shape index (κ3) is 5.23. The second-order valence-corrected chi connectivity index (χ2v) is 9.66. The Kier molecular flexibility index (Phi) is 6.42. The number of nitrogens with zero attached hydrogens (tertiary/aromatic N) is 1. The Balaban J connectivity index is 1.60. The van der Waals surface area contributed by atoms with Crippen LogP contribution in [0.5, 0.6) is 0 Å². The van der Waals surface area contributed by atoms with Gasteiger partial charge in [-0.3, -0.25) is 0 Å². The molecule has 1 aliphatic heterocycles. The topological polar surface area (TPSA) is 3.24 Å². The monoisotopic (exact) mass is 363 g/mol. The molecule has 1 heteroatoms. The Bertz CT molecular complexity index is 691. The van der Waals surface area contributed by atoms with Crippen molar-refractivity contribution >= 4 is 0 Å². The van der Waals surface area contributed by atoms with Crippen molar-refractivity contribution in [3.63, 3.8) is 0 Å². The van der Waals surface area contributed by atoms with E-state index >= 15 is 0 Å². The van der Waals surface area contributed by atoms with Gasteiger partial charge in [-0.2, -0.15) is 0 Å². The van der Waals surface area contributed by atoms with Gasteiger partial charge in [-0.05, 0) is 47.3 Å². The molecule has 3 unspecified atom stereocenters. The van der Waals surface area contributed by atoms with Crippen LogP contribution in [0.4, 0.5) is 0 Å². The molecule has 0 saturated carbocycles. The van der Waals surface area contributed by atoms with E-state index in [-0.39, 0.29) is 5.41 Å². The maximum atomic E-state index is 2.69. The highest BCUT2D eigenvalue weighted by Gasteiger charge is 2.24. The Labute approximate surface area is 166 Å². The molecule has 1 heterocycles. The Morgan fingerprint density at radius 3 is 2.04 bits per heavy atom. The quantitative estimate of drug-likeness (QED) is 0.593. The van der Waals surface area contributed by atoms with E-state index in [2.05, 4.69) is 94.1 Å². The van der Waals surface area contributed by atoms with Crippen LogP contribution in [0, 0.1) is 17.8 Å². The first-order valence-corrected chi connectivity index (χ1v) is 10.7. The maximum absolute atomic E-state index is 2.69. The summed E-state index contributed by atoms with van der Waals surface area (Å²) in [4.78, 5) is 2.69.